The molecule has 1 aromatic carbocycles. The first kappa shape index (κ1) is 17.5. The second-order valence-electron chi connectivity index (χ2n) is 5.07. The van der Waals surface area contributed by atoms with Gasteiger partial charge in [-0.3, -0.25) is 9.59 Å². The van der Waals surface area contributed by atoms with E-state index in [2.05, 4.69) is 5.32 Å². The van der Waals surface area contributed by atoms with Crippen molar-refractivity contribution in [1.82, 2.24) is 5.32 Å². The van der Waals surface area contributed by atoms with Gasteiger partial charge in [-0.05, 0) is 25.0 Å². The van der Waals surface area contributed by atoms with Gasteiger partial charge in [-0.1, -0.05) is 31.5 Å². The molecular weight excluding hydrogens is 290 g/mol. The van der Waals surface area contributed by atoms with Crippen LogP contribution in [0.2, 0.25) is 0 Å². The van der Waals surface area contributed by atoms with Crippen molar-refractivity contribution in [2.75, 3.05) is 11.4 Å². The Balaban J connectivity index is 0.00000220. The maximum atomic E-state index is 12.3. The summed E-state index contributed by atoms with van der Waals surface area (Å²) in [6, 6.07) is 8.50. The predicted octanol–water partition coefficient (Wildman–Crippen LogP) is 1.46. The van der Waals surface area contributed by atoms with Crippen LogP contribution in [0.25, 0.3) is 0 Å². The van der Waals surface area contributed by atoms with Crippen molar-refractivity contribution in [1.29, 1.82) is 0 Å². The van der Waals surface area contributed by atoms with E-state index in [9.17, 15) is 9.59 Å². The van der Waals surface area contributed by atoms with Gasteiger partial charge >= 0.3 is 0 Å². The molecule has 0 saturated carbocycles. The van der Waals surface area contributed by atoms with Crippen molar-refractivity contribution in [2.24, 2.45) is 5.73 Å². The maximum absolute atomic E-state index is 12.3. The lowest BCUT2D eigenvalue weighted by molar-refractivity contribution is -0.127. The minimum Gasteiger partial charge on any atom is -0.343 e. The van der Waals surface area contributed by atoms with E-state index in [1.165, 1.54) is 0 Å². The number of anilines is 1. The van der Waals surface area contributed by atoms with E-state index in [0.29, 0.717) is 19.4 Å². The zero-order valence-electron chi connectivity index (χ0n) is 12.1. The number of halogens is 1. The average Bonchev–Trinajstić information content (AvgIpc) is 2.81. The summed E-state index contributed by atoms with van der Waals surface area (Å²) in [7, 11) is 0. The molecule has 1 aliphatic heterocycles. The Morgan fingerprint density at radius 1 is 1.43 bits per heavy atom. The highest BCUT2D eigenvalue weighted by Gasteiger charge is 2.34. The van der Waals surface area contributed by atoms with Gasteiger partial charge in [-0.25, -0.2) is 0 Å². The van der Waals surface area contributed by atoms with Crippen molar-refractivity contribution in [3.63, 3.8) is 0 Å². The van der Waals surface area contributed by atoms with E-state index in [0.717, 1.165) is 12.1 Å². The van der Waals surface area contributed by atoms with Crippen LogP contribution in [0.3, 0.4) is 0 Å². The molecule has 5 nitrogen and oxygen atoms in total. The minimum atomic E-state index is -0.529. The van der Waals surface area contributed by atoms with Crippen molar-refractivity contribution < 1.29 is 9.59 Å². The van der Waals surface area contributed by atoms with E-state index in [1.807, 2.05) is 37.3 Å². The third-order valence-electron chi connectivity index (χ3n) is 3.53. The summed E-state index contributed by atoms with van der Waals surface area (Å²) in [6.07, 6.45) is 2.11. The highest BCUT2D eigenvalue weighted by atomic mass is 35.5. The Morgan fingerprint density at radius 2 is 2.10 bits per heavy atom. The molecule has 0 radical (unpaired) electrons. The molecule has 116 valence electrons. The molecule has 1 fully saturated rings. The van der Waals surface area contributed by atoms with Crippen LogP contribution in [-0.2, 0) is 9.59 Å². The first-order valence-electron chi connectivity index (χ1n) is 7.06. The Kier molecular flexibility index (Phi) is 6.65. The standard InChI is InChI=1S/C15H21N3O2.ClH/c1-2-6-12(16)14(19)17-13-9-10-18(15(13)20)11-7-4-3-5-8-11;/h3-5,7-8,12-13H,2,6,9-10,16H2,1H3,(H,17,19);1H. The number of carbonyl (C=O) groups excluding carboxylic acids is 2. The fraction of sp³-hybridized carbons (Fsp3) is 0.467. The van der Waals surface area contributed by atoms with Gasteiger partial charge in [0.05, 0.1) is 6.04 Å². The number of hydrogen-bond donors (Lipinski definition) is 2. The lowest BCUT2D eigenvalue weighted by Crippen LogP contribution is -2.48. The summed E-state index contributed by atoms with van der Waals surface area (Å²) in [5.41, 5.74) is 6.63. The largest absolute Gasteiger partial charge is 0.343 e. The van der Waals surface area contributed by atoms with Gasteiger partial charge in [0.25, 0.3) is 0 Å². The van der Waals surface area contributed by atoms with Gasteiger partial charge in [-0.2, -0.15) is 0 Å². The number of amides is 2. The van der Waals surface area contributed by atoms with E-state index >= 15 is 0 Å². The molecule has 2 atom stereocenters. The summed E-state index contributed by atoms with van der Waals surface area (Å²) in [5.74, 6) is -0.298. The third-order valence-corrected chi connectivity index (χ3v) is 3.53. The molecule has 2 amide bonds. The summed E-state index contributed by atoms with van der Waals surface area (Å²) in [6.45, 7) is 2.60. The highest BCUT2D eigenvalue weighted by molar-refractivity contribution is 6.01. The molecule has 1 aromatic rings. The van der Waals surface area contributed by atoms with E-state index in [-0.39, 0.29) is 24.2 Å². The molecule has 1 heterocycles. The molecule has 21 heavy (non-hydrogen) atoms. The van der Waals surface area contributed by atoms with Gasteiger partial charge in [0.2, 0.25) is 11.8 Å². The number of nitrogens with zero attached hydrogens (tertiary/aromatic N) is 1. The van der Waals surface area contributed by atoms with Gasteiger partial charge in [0, 0.05) is 12.2 Å². The van der Waals surface area contributed by atoms with Crippen molar-refractivity contribution in [3.8, 4) is 0 Å². The molecule has 0 aliphatic carbocycles. The van der Waals surface area contributed by atoms with Gasteiger partial charge in [-0.15, -0.1) is 12.4 Å². The first-order chi connectivity index (χ1) is 9.63. The van der Waals surface area contributed by atoms with Crippen LogP contribution in [-0.4, -0.2) is 30.4 Å². The molecule has 1 saturated heterocycles. The van der Waals surface area contributed by atoms with E-state index < -0.39 is 12.1 Å². The second kappa shape index (κ2) is 8.00. The molecule has 0 aromatic heterocycles. The molecule has 2 rings (SSSR count). The molecule has 3 N–H and O–H groups in total. The summed E-state index contributed by atoms with van der Waals surface area (Å²) in [5, 5.41) is 2.76. The average molecular weight is 312 g/mol. The van der Waals surface area contributed by atoms with Crippen molar-refractivity contribution in [2.45, 2.75) is 38.3 Å². The summed E-state index contributed by atoms with van der Waals surface area (Å²) >= 11 is 0. The summed E-state index contributed by atoms with van der Waals surface area (Å²) in [4.78, 5) is 25.9. The molecule has 0 spiro atoms. The number of para-hydroxylation sites is 1. The minimum absolute atomic E-state index is 0. The van der Waals surface area contributed by atoms with Crippen LogP contribution in [0.5, 0.6) is 0 Å². The zero-order chi connectivity index (χ0) is 14.5. The lowest BCUT2D eigenvalue weighted by Gasteiger charge is -2.18. The number of nitrogens with two attached hydrogens (primary N) is 1. The van der Waals surface area contributed by atoms with Crippen molar-refractivity contribution >= 4 is 29.9 Å². The summed E-state index contributed by atoms with van der Waals surface area (Å²) < 4.78 is 0. The van der Waals surface area contributed by atoms with Crippen LogP contribution in [0, 0.1) is 0 Å². The molecular formula is C15H22ClN3O2. The van der Waals surface area contributed by atoms with Crippen LogP contribution in [0.1, 0.15) is 26.2 Å². The Morgan fingerprint density at radius 3 is 2.71 bits per heavy atom. The zero-order valence-corrected chi connectivity index (χ0v) is 12.9. The Bertz CT molecular complexity index is 481. The fourth-order valence-electron chi connectivity index (χ4n) is 2.40. The first-order valence-corrected chi connectivity index (χ1v) is 7.06. The number of benzene rings is 1. The topological polar surface area (TPSA) is 75.4 Å². The SMILES string of the molecule is CCCC(N)C(=O)NC1CCN(c2ccccc2)C1=O.Cl. The smallest absolute Gasteiger partial charge is 0.249 e. The second-order valence-corrected chi connectivity index (χ2v) is 5.07. The van der Waals surface area contributed by atoms with E-state index in [1.54, 1.807) is 4.90 Å². The van der Waals surface area contributed by atoms with Gasteiger partial charge in [0.15, 0.2) is 0 Å². The lowest BCUT2D eigenvalue weighted by atomic mass is 10.1. The molecule has 6 heteroatoms. The monoisotopic (exact) mass is 311 g/mol. The normalized spacial score (nSPS) is 19.0. The number of nitrogens with one attached hydrogen (secondary N) is 1. The van der Waals surface area contributed by atoms with Crippen LogP contribution < -0.4 is 16.0 Å². The van der Waals surface area contributed by atoms with Crippen LogP contribution in [0.4, 0.5) is 5.69 Å². The number of hydrogen-bond acceptors (Lipinski definition) is 3. The fourth-order valence-corrected chi connectivity index (χ4v) is 2.40. The van der Waals surface area contributed by atoms with Crippen molar-refractivity contribution in [3.05, 3.63) is 30.3 Å². The predicted molar refractivity (Wildman–Crippen MR) is 85.5 cm³/mol. The number of carbonyl (C=O) groups is 2. The molecule has 0 bridgehead atoms. The molecule has 1 aliphatic rings. The quantitative estimate of drug-likeness (QED) is 0.864. The highest BCUT2D eigenvalue weighted by Crippen LogP contribution is 2.21. The Hall–Kier alpha value is -1.59. The maximum Gasteiger partial charge on any atom is 0.249 e. The van der Waals surface area contributed by atoms with Gasteiger partial charge < -0.3 is 16.0 Å². The number of rotatable bonds is 5. The third kappa shape index (κ3) is 4.19. The molecule has 2 unspecified atom stereocenters. The Labute approximate surface area is 131 Å². The van der Waals surface area contributed by atoms with E-state index in [4.69, 9.17) is 5.73 Å². The van der Waals surface area contributed by atoms with Gasteiger partial charge in [0.1, 0.15) is 6.04 Å². The van der Waals surface area contributed by atoms with Crippen LogP contribution in [0.15, 0.2) is 30.3 Å². The van der Waals surface area contributed by atoms with Crippen LogP contribution >= 0.6 is 12.4 Å².